The van der Waals surface area contributed by atoms with Crippen LogP contribution in [-0.4, -0.2) is 40.9 Å². The van der Waals surface area contributed by atoms with Crippen LogP contribution >= 0.6 is 23.1 Å². The SMILES string of the molecule is COc1ccccc1CN(C)C(=O)CSc1nnc(NCc2ccccc2)s1. The van der Waals surface area contributed by atoms with Crippen molar-refractivity contribution < 1.29 is 9.53 Å². The van der Waals surface area contributed by atoms with Crippen molar-refractivity contribution in [3.8, 4) is 5.75 Å². The average Bonchev–Trinajstić information content (AvgIpc) is 3.19. The lowest BCUT2D eigenvalue weighted by molar-refractivity contribution is -0.127. The van der Waals surface area contributed by atoms with Crippen LogP contribution in [0.25, 0.3) is 0 Å². The largest absolute Gasteiger partial charge is 0.496 e. The summed E-state index contributed by atoms with van der Waals surface area (Å²) < 4.78 is 6.12. The summed E-state index contributed by atoms with van der Waals surface area (Å²) in [6.45, 7) is 1.20. The molecule has 0 bridgehead atoms. The highest BCUT2D eigenvalue weighted by atomic mass is 32.2. The number of nitrogens with zero attached hydrogens (tertiary/aromatic N) is 3. The van der Waals surface area contributed by atoms with Crippen LogP contribution in [0.5, 0.6) is 5.75 Å². The molecule has 0 atom stereocenters. The summed E-state index contributed by atoms with van der Waals surface area (Å²) in [5, 5.41) is 12.3. The molecule has 0 aliphatic carbocycles. The van der Waals surface area contributed by atoms with E-state index in [9.17, 15) is 4.79 Å². The number of ether oxygens (including phenoxy) is 1. The molecule has 0 spiro atoms. The Bertz CT molecular complexity index is 902. The van der Waals surface area contributed by atoms with Gasteiger partial charge in [-0.05, 0) is 11.6 Å². The topological polar surface area (TPSA) is 67.3 Å². The third kappa shape index (κ3) is 5.71. The molecule has 3 aromatic rings. The maximum atomic E-state index is 12.4. The summed E-state index contributed by atoms with van der Waals surface area (Å²) in [5.74, 6) is 1.14. The lowest BCUT2D eigenvalue weighted by Gasteiger charge is -2.18. The second-order valence-electron chi connectivity index (χ2n) is 6.06. The number of carbonyl (C=O) groups excluding carboxylic acids is 1. The Morgan fingerprint density at radius 3 is 2.68 bits per heavy atom. The van der Waals surface area contributed by atoms with E-state index in [1.165, 1.54) is 28.7 Å². The highest BCUT2D eigenvalue weighted by molar-refractivity contribution is 8.01. The maximum absolute atomic E-state index is 12.4. The van der Waals surface area contributed by atoms with Gasteiger partial charge in [-0.2, -0.15) is 0 Å². The number of thioether (sulfide) groups is 1. The predicted octanol–water partition coefficient (Wildman–Crippen LogP) is 3.91. The Hall–Kier alpha value is -2.58. The van der Waals surface area contributed by atoms with E-state index in [2.05, 4.69) is 27.6 Å². The molecule has 0 saturated heterocycles. The van der Waals surface area contributed by atoms with Crippen molar-refractivity contribution in [3.63, 3.8) is 0 Å². The summed E-state index contributed by atoms with van der Waals surface area (Å²) >= 11 is 2.86. The van der Waals surface area contributed by atoms with Crippen molar-refractivity contribution in [3.05, 3.63) is 65.7 Å². The standard InChI is InChI=1S/C20H22N4O2S2/c1-24(13-16-10-6-7-11-17(16)26-2)18(25)14-27-20-23-22-19(28-20)21-12-15-8-4-3-5-9-15/h3-11H,12-14H2,1-2H3,(H,21,22). The van der Waals surface area contributed by atoms with E-state index in [0.717, 1.165) is 20.8 Å². The summed E-state index contributed by atoms with van der Waals surface area (Å²) in [6, 6.07) is 17.8. The highest BCUT2D eigenvalue weighted by Gasteiger charge is 2.14. The van der Waals surface area contributed by atoms with Gasteiger partial charge in [-0.15, -0.1) is 10.2 Å². The number of nitrogens with one attached hydrogen (secondary N) is 1. The molecular weight excluding hydrogens is 392 g/mol. The zero-order chi connectivity index (χ0) is 19.8. The number of methoxy groups -OCH3 is 1. The molecule has 0 saturated carbocycles. The van der Waals surface area contributed by atoms with Gasteiger partial charge < -0.3 is 15.0 Å². The number of carbonyl (C=O) groups is 1. The Morgan fingerprint density at radius 2 is 1.89 bits per heavy atom. The van der Waals surface area contributed by atoms with Gasteiger partial charge in [0, 0.05) is 25.7 Å². The van der Waals surface area contributed by atoms with Crippen LogP contribution in [0.15, 0.2) is 58.9 Å². The highest BCUT2D eigenvalue weighted by Crippen LogP contribution is 2.26. The first-order valence-electron chi connectivity index (χ1n) is 8.75. The zero-order valence-corrected chi connectivity index (χ0v) is 17.4. The second-order valence-corrected chi connectivity index (χ2v) is 8.26. The number of hydrogen-bond acceptors (Lipinski definition) is 7. The summed E-state index contributed by atoms with van der Waals surface area (Å²) in [5.41, 5.74) is 2.16. The molecule has 3 rings (SSSR count). The van der Waals surface area contributed by atoms with Gasteiger partial charge in [-0.3, -0.25) is 4.79 Å². The van der Waals surface area contributed by atoms with Crippen LogP contribution in [0.1, 0.15) is 11.1 Å². The predicted molar refractivity (Wildman–Crippen MR) is 114 cm³/mol. The lowest BCUT2D eigenvalue weighted by atomic mass is 10.2. The summed E-state index contributed by atoms with van der Waals surface area (Å²) in [4.78, 5) is 14.1. The first kappa shape index (κ1) is 20.2. The molecule has 2 aromatic carbocycles. The first-order valence-corrected chi connectivity index (χ1v) is 10.6. The maximum Gasteiger partial charge on any atom is 0.233 e. The van der Waals surface area contributed by atoms with Crippen LogP contribution in [-0.2, 0) is 17.9 Å². The van der Waals surface area contributed by atoms with E-state index < -0.39 is 0 Å². The third-order valence-corrected chi connectivity index (χ3v) is 6.04. The number of aromatic nitrogens is 2. The molecule has 0 aliphatic heterocycles. The van der Waals surface area contributed by atoms with E-state index >= 15 is 0 Å². The van der Waals surface area contributed by atoms with E-state index in [1.807, 2.05) is 42.5 Å². The van der Waals surface area contributed by atoms with Crippen LogP contribution in [0.3, 0.4) is 0 Å². The smallest absolute Gasteiger partial charge is 0.233 e. The van der Waals surface area contributed by atoms with E-state index in [0.29, 0.717) is 18.8 Å². The molecule has 1 N–H and O–H groups in total. The van der Waals surface area contributed by atoms with Crippen molar-refractivity contribution in [2.75, 3.05) is 25.2 Å². The number of anilines is 1. The normalized spacial score (nSPS) is 10.5. The number of para-hydroxylation sites is 1. The fraction of sp³-hybridized carbons (Fsp3) is 0.250. The van der Waals surface area contributed by atoms with Crippen LogP contribution in [0.2, 0.25) is 0 Å². The quantitative estimate of drug-likeness (QED) is 0.536. The van der Waals surface area contributed by atoms with E-state index in [-0.39, 0.29) is 5.91 Å². The fourth-order valence-corrected chi connectivity index (χ4v) is 4.21. The van der Waals surface area contributed by atoms with Gasteiger partial charge in [0.15, 0.2) is 4.34 Å². The Morgan fingerprint density at radius 1 is 1.14 bits per heavy atom. The van der Waals surface area contributed by atoms with Gasteiger partial charge >= 0.3 is 0 Å². The van der Waals surface area contributed by atoms with Crippen molar-refractivity contribution in [2.24, 2.45) is 0 Å². The van der Waals surface area contributed by atoms with Crippen molar-refractivity contribution in [1.29, 1.82) is 0 Å². The van der Waals surface area contributed by atoms with Gasteiger partial charge in [-0.25, -0.2) is 0 Å². The Labute approximate surface area is 172 Å². The zero-order valence-electron chi connectivity index (χ0n) is 15.8. The minimum atomic E-state index is 0.0323. The summed E-state index contributed by atoms with van der Waals surface area (Å²) in [7, 11) is 3.43. The second kappa shape index (κ2) is 10.1. The van der Waals surface area contributed by atoms with Gasteiger partial charge in [0.2, 0.25) is 11.0 Å². The Kier molecular flexibility index (Phi) is 7.27. The van der Waals surface area contributed by atoms with Crippen LogP contribution in [0, 0.1) is 0 Å². The molecule has 1 amide bonds. The molecule has 146 valence electrons. The van der Waals surface area contributed by atoms with Gasteiger partial charge in [0.05, 0.1) is 12.9 Å². The fourth-order valence-electron chi connectivity index (χ4n) is 2.52. The number of rotatable bonds is 9. The molecule has 8 heteroatoms. The molecule has 0 radical (unpaired) electrons. The minimum absolute atomic E-state index is 0.0323. The van der Waals surface area contributed by atoms with Crippen molar-refractivity contribution in [2.45, 2.75) is 17.4 Å². The number of hydrogen-bond donors (Lipinski definition) is 1. The number of benzene rings is 2. The van der Waals surface area contributed by atoms with Crippen molar-refractivity contribution >= 4 is 34.1 Å². The molecule has 1 aromatic heterocycles. The summed E-state index contributed by atoms with van der Waals surface area (Å²) in [6.07, 6.45) is 0. The lowest BCUT2D eigenvalue weighted by Crippen LogP contribution is -2.27. The van der Waals surface area contributed by atoms with E-state index in [4.69, 9.17) is 4.74 Å². The Balaban J connectivity index is 1.47. The molecule has 6 nitrogen and oxygen atoms in total. The molecule has 28 heavy (non-hydrogen) atoms. The van der Waals surface area contributed by atoms with Crippen LogP contribution < -0.4 is 10.1 Å². The van der Waals surface area contributed by atoms with Gasteiger partial charge in [0.25, 0.3) is 0 Å². The number of amides is 1. The minimum Gasteiger partial charge on any atom is -0.496 e. The molecule has 0 unspecified atom stereocenters. The third-order valence-electron chi connectivity index (χ3n) is 4.04. The van der Waals surface area contributed by atoms with Crippen LogP contribution in [0.4, 0.5) is 5.13 Å². The van der Waals surface area contributed by atoms with Gasteiger partial charge in [-0.1, -0.05) is 71.6 Å². The van der Waals surface area contributed by atoms with Gasteiger partial charge in [0.1, 0.15) is 5.75 Å². The average molecular weight is 415 g/mol. The molecule has 1 heterocycles. The van der Waals surface area contributed by atoms with E-state index in [1.54, 1.807) is 19.1 Å². The molecule has 0 aliphatic rings. The first-order chi connectivity index (χ1) is 13.7. The molecular formula is C20H22N4O2S2. The molecule has 0 fully saturated rings. The van der Waals surface area contributed by atoms with Crippen molar-refractivity contribution in [1.82, 2.24) is 15.1 Å². The monoisotopic (exact) mass is 414 g/mol.